The molecule has 3 heterocycles. The number of halogens is 1. The van der Waals surface area contributed by atoms with Gasteiger partial charge < -0.3 is 15.4 Å². The number of fused-ring (bicyclic) bond motifs is 1. The summed E-state index contributed by atoms with van der Waals surface area (Å²) in [5.41, 5.74) is 0.300. The molecule has 10 nitrogen and oxygen atoms in total. The molecule has 0 spiro atoms. The van der Waals surface area contributed by atoms with Crippen LogP contribution in [0.25, 0.3) is 11.7 Å². The molecule has 0 aliphatic heterocycles. The summed E-state index contributed by atoms with van der Waals surface area (Å²) in [6.07, 6.45) is 4.91. The van der Waals surface area contributed by atoms with E-state index in [1.165, 1.54) is 35.0 Å². The quantitative estimate of drug-likeness (QED) is 0.379. The molecule has 0 unspecified atom stereocenters. The smallest absolute Gasteiger partial charge is 0.326 e. The number of carbonyl (C=O) groups is 1. The van der Waals surface area contributed by atoms with Crippen molar-refractivity contribution in [3.63, 3.8) is 0 Å². The van der Waals surface area contributed by atoms with Crippen LogP contribution in [0.2, 0.25) is 0 Å². The molecule has 1 fully saturated rings. The zero-order valence-electron chi connectivity index (χ0n) is 16.0. The van der Waals surface area contributed by atoms with Crippen molar-refractivity contribution in [2.45, 2.75) is 18.9 Å². The van der Waals surface area contributed by atoms with Crippen LogP contribution in [-0.4, -0.2) is 41.6 Å². The van der Waals surface area contributed by atoms with E-state index in [-0.39, 0.29) is 29.0 Å². The summed E-state index contributed by atoms with van der Waals surface area (Å²) in [6.45, 7) is 0. The monoisotopic (exact) mass is 421 g/mol. The number of imidazole rings is 1. The molecule has 1 aromatic carbocycles. The summed E-state index contributed by atoms with van der Waals surface area (Å²) >= 11 is 0. The van der Waals surface area contributed by atoms with Crippen molar-refractivity contribution >= 4 is 23.4 Å². The second-order valence-electron chi connectivity index (χ2n) is 7.11. The first-order valence-corrected chi connectivity index (χ1v) is 9.49. The number of H-pyrrole nitrogens is 2. The lowest BCUT2D eigenvalue weighted by Gasteiger charge is -2.06. The number of amides is 1. The predicted octanol–water partition coefficient (Wildman–Crippen LogP) is 0.453. The summed E-state index contributed by atoms with van der Waals surface area (Å²) in [4.78, 5) is 37.7. The summed E-state index contributed by atoms with van der Waals surface area (Å²) < 4.78 is 15.5. The molecule has 156 valence electrons. The Morgan fingerprint density at radius 3 is 2.84 bits per heavy atom. The number of hydrogen-bond donors (Lipinski definition) is 4. The van der Waals surface area contributed by atoms with Crippen molar-refractivity contribution in [2.24, 2.45) is 4.99 Å². The summed E-state index contributed by atoms with van der Waals surface area (Å²) in [6, 6.07) is 7.38. The van der Waals surface area contributed by atoms with Gasteiger partial charge in [0.15, 0.2) is 11.1 Å². The lowest BCUT2D eigenvalue weighted by atomic mass is 10.2. The van der Waals surface area contributed by atoms with Gasteiger partial charge in [0, 0.05) is 11.3 Å². The summed E-state index contributed by atoms with van der Waals surface area (Å²) in [5, 5.41) is 17.2. The number of nitrogens with zero attached hydrogens (tertiary/aromatic N) is 4. The largest absolute Gasteiger partial charge is 0.493 e. The minimum absolute atomic E-state index is 0.111. The lowest BCUT2D eigenvalue weighted by Crippen LogP contribution is -2.22. The van der Waals surface area contributed by atoms with E-state index in [2.05, 4.69) is 30.4 Å². The number of carbonyl (C=O) groups excluding carboxylic acids is 1. The SMILES string of the molecule is O=C(Nc1cc(=NC2CC2)n2ncc(=Cc3[nH]c(=O)[nH]c3O)c2n1)c1ccccc1F. The molecule has 1 saturated carbocycles. The van der Waals surface area contributed by atoms with E-state index >= 15 is 0 Å². The van der Waals surface area contributed by atoms with Crippen LogP contribution in [0.3, 0.4) is 0 Å². The van der Waals surface area contributed by atoms with E-state index in [0.717, 1.165) is 12.8 Å². The molecule has 1 aliphatic carbocycles. The maximum Gasteiger partial charge on any atom is 0.326 e. The summed E-state index contributed by atoms with van der Waals surface area (Å²) in [5.74, 6) is -1.45. The molecule has 1 aliphatic rings. The van der Waals surface area contributed by atoms with Gasteiger partial charge in [0.05, 0.1) is 17.8 Å². The highest BCUT2D eigenvalue weighted by Crippen LogP contribution is 2.22. The van der Waals surface area contributed by atoms with Crippen molar-refractivity contribution in [1.29, 1.82) is 0 Å². The molecule has 0 radical (unpaired) electrons. The van der Waals surface area contributed by atoms with Crippen LogP contribution in [0.4, 0.5) is 10.2 Å². The first-order chi connectivity index (χ1) is 15.0. The minimum Gasteiger partial charge on any atom is -0.493 e. The molecule has 0 saturated heterocycles. The highest BCUT2D eigenvalue weighted by Gasteiger charge is 2.21. The van der Waals surface area contributed by atoms with E-state index in [1.54, 1.807) is 12.1 Å². The fraction of sp³-hybridized carbons (Fsp3) is 0.150. The normalized spacial score (nSPS) is 15.0. The second kappa shape index (κ2) is 7.20. The molecule has 4 aromatic rings. The third-order valence-corrected chi connectivity index (χ3v) is 4.74. The zero-order valence-corrected chi connectivity index (χ0v) is 16.0. The van der Waals surface area contributed by atoms with E-state index in [9.17, 15) is 19.1 Å². The van der Waals surface area contributed by atoms with Gasteiger partial charge in [0.25, 0.3) is 5.91 Å². The maximum absolute atomic E-state index is 14.0. The van der Waals surface area contributed by atoms with Crippen LogP contribution >= 0.6 is 0 Å². The first-order valence-electron chi connectivity index (χ1n) is 9.49. The molecular weight excluding hydrogens is 405 g/mol. The van der Waals surface area contributed by atoms with Gasteiger partial charge in [-0.05, 0) is 31.1 Å². The Labute approximate surface area is 172 Å². The van der Waals surface area contributed by atoms with Crippen LogP contribution < -0.4 is 21.7 Å². The van der Waals surface area contributed by atoms with Crippen molar-refractivity contribution in [1.82, 2.24) is 24.6 Å². The third-order valence-electron chi connectivity index (χ3n) is 4.74. The number of aromatic nitrogens is 5. The van der Waals surface area contributed by atoms with Gasteiger partial charge in [-0.15, -0.1) is 0 Å². The highest BCUT2D eigenvalue weighted by molar-refractivity contribution is 6.04. The van der Waals surface area contributed by atoms with Gasteiger partial charge >= 0.3 is 5.69 Å². The molecular formula is C20H16FN7O3. The van der Waals surface area contributed by atoms with E-state index in [0.29, 0.717) is 16.4 Å². The van der Waals surface area contributed by atoms with Crippen LogP contribution in [0.15, 0.2) is 46.3 Å². The van der Waals surface area contributed by atoms with Crippen molar-refractivity contribution in [3.8, 4) is 5.88 Å². The molecule has 0 atom stereocenters. The van der Waals surface area contributed by atoms with E-state index in [1.807, 2.05) is 0 Å². The molecule has 1 amide bonds. The fourth-order valence-corrected chi connectivity index (χ4v) is 3.09. The van der Waals surface area contributed by atoms with Gasteiger partial charge in [-0.1, -0.05) is 12.1 Å². The van der Waals surface area contributed by atoms with Crippen LogP contribution in [0, 0.1) is 5.82 Å². The Kier molecular flexibility index (Phi) is 4.35. The molecule has 4 N–H and O–H groups in total. The van der Waals surface area contributed by atoms with Gasteiger partial charge in [-0.25, -0.2) is 14.2 Å². The van der Waals surface area contributed by atoms with Crippen LogP contribution in [0.1, 0.15) is 28.9 Å². The fourth-order valence-electron chi connectivity index (χ4n) is 3.09. The Balaban J connectivity index is 1.64. The van der Waals surface area contributed by atoms with Crippen molar-refractivity contribution in [2.75, 3.05) is 5.32 Å². The first kappa shape index (κ1) is 18.7. The number of aromatic amines is 2. The standard InChI is InChI=1S/C20H16FN7O3/c21-13-4-2-1-3-12(13)18(29)26-15-8-16(23-11-5-6-11)28-17(25-15)10(9-22-28)7-14-19(30)27-20(31)24-14/h1-4,7-9,11,30H,5-6H2,(H,26,29)(H2,24,27,31). The number of benzene rings is 1. The topological polar surface area (TPSA) is 141 Å². The molecule has 5 rings (SSSR count). The molecule has 11 heteroatoms. The van der Waals surface area contributed by atoms with Crippen LogP contribution in [0.5, 0.6) is 5.88 Å². The molecule has 0 bridgehead atoms. The van der Waals surface area contributed by atoms with Crippen LogP contribution in [-0.2, 0) is 0 Å². The number of rotatable bonds is 4. The van der Waals surface area contributed by atoms with Gasteiger partial charge in [0.1, 0.15) is 17.3 Å². The average Bonchev–Trinajstić information content (AvgIpc) is 3.37. The van der Waals surface area contributed by atoms with Gasteiger partial charge in [-0.2, -0.15) is 9.61 Å². The molecule has 3 aromatic heterocycles. The highest BCUT2D eigenvalue weighted by atomic mass is 19.1. The minimum atomic E-state index is -0.648. The second-order valence-corrected chi connectivity index (χ2v) is 7.11. The number of hydrogen-bond acceptors (Lipinski definition) is 6. The van der Waals surface area contributed by atoms with E-state index < -0.39 is 17.4 Å². The Morgan fingerprint density at radius 1 is 1.32 bits per heavy atom. The number of aromatic hydroxyl groups is 1. The lowest BCUT2D eigenvalue weighted by molar-refractivity contribution is 0.102. The Bertz CT molecular complexity index is 1500. The molecule has 31 heavy (non-hydrogen) atoms. The number of nitrogens with one attached hydrogen (secondary N) is 3. The zero-order chi connectivity index (χ0) is 21.5. The van der Waals surface area contributed by atoms with Gasteiger partial charge in [0.2, 0.25) is 5.88 Å². The summed E-state index contributed by atoms with van der Waals surface area (Å²) in [7, 11) is 0. The van der Waals surface area contributed by atoms with Crippen molar-refractivity contribution < 1.29 is 14.3 Å². The average molecular weight is 421 g/mol. The maximum atomic E-state index is 14.0. The van der Waals surface area contributed by atoms with Gasteiger partial charge in [-0.3, -0.25) is 14.8 Å². The predicted molar refractivity (Wildman–Crippen MR) is 108 cm³/mol. The van der Waals surface area contributed by atoms with E-state index in [4.69, 9.17) is 0 Å². The third kappa shape index (κ3) is 3.68. The number of anilines is 1. The Hall–Kier alpha value is -4.28. The van der Waals surface area contributed by atoms with Crippen molar-refractivity contribution in [3.05, 3.63) is 74.8 Å². The Morgan fingerprint density at radius 2 is 2.13 bits per heavy atom.